The number of nitrogens with one attached hydrogen (secondary N) is 1. The molecule has 1 aliphatic rings. The van der Waals surface area contributed by atoms with Crippen LogP contribution in [0.3, 0.4) is 0 Å². The first kappa shape index (κ1) is 18.0. The number of carbonyl (C=O) groups excluding carboxylic acids is 2. The quantitative estimate of drug-likeness (QED) is 0.785. The highest BCUT2D eigenvalue weighted by atomic mass is 16.5. The minimum atomic E-state index is -0.471. The van der Waals surface area contributed by atoms with Crippen molar-refractivity contribution >= 4 is 12.1 Å². The molecule has 2 aromatic rings. The van der Waals surface area contributed by atoms with Gasteiger partial charge in [-0.25, -0.2) is 9.59 Å². The normalized spacial score (nSPS) is 14.4. The Morgan fingerprint density at radius 1 is 1.08 bits per heavy atom. The van der Waals surface area contributed by atoms with E-state index in [-0.39, 0.29) is 18.6 Å². The lowest BCUT2D eigenvalue weighted by atomic mass is 10.1. The maximum Gasteiger partial charge on any atom is 0.407 e. The average Bonchev–Trinajstić information content (AvgIpc) is 3.51. The third kappa shape index (κ3) is 4.63. The van der Waals surface area contributed by atoms with Crippen molar-refractivity contribution < 1.29 is 19.1 Å². The molecule has 1 saturated carbocycles. The van der Waals surface area contributed by atoms with Gasteiger partial charge in [0.1, 0.15) is 6.61 Å². The number of hydrogen-bond donors (Lipinski definition) is 1. The van der Waals surface area contributed by atoms with Crippen LogP contribution in [0.4, 0.5) is 4.79 Å². The zero-order valence-electron chi connectivity index (χ0n) is 15.0. The first-order valence-electron chi connectivity index (χ1n) is 8.77. The van der Waals surface area contributed by atoms with E-state index in [4.69, 9.17) is 4.74 Å². The first-order valence-corrected chi connectivity index (χ1v) is 8.77. The molecule has 0 aromatic heterocycles. The summed E-state index contributed by atoms with van der Waals surface area (Å²) in [6.45, 7) is 2.10. The summed E-state index contributed by atoms with van der Waals surface area (Å²) >= 11 is 0. The van der Waals surface area contributed by atoms with Crippen molar-refractivity contribution in [3.8, 4) is 0 Å². The van der Waals surface area contributed by atoms with E-state index in [1.807, 2.05) is 19.1 Å². The summed E-state index contributed by atoms with van der Waals surface area (Å²) in [4.78, 5) is 23.4. The summed E-state index contributed by atoms with van der Waals surface area (Å²) in [5.74, 6) is 0.337. The molecule has 1 N–H and O–H groups in total. The van der Waals surface area contributed by atoms with Gasteiger partial charge in [0.2, 0.25) is 0 Å². The Bertz CT molecular complexity index is 764. The van der Waals surface area contributed by atoms with Gasteiger partial charge in [0.05, 0.1) is 18.7 Å². The van der Waals surface area contributed by atoms with Crippen LogP contribution in [0.5, 0.6) is 0 Å². The maximum atomic E-state index is 12.0. The fourth-order valence-electron chi connectivity index (χ4n) is 2.78. The van der Waals surface area contributed by atoms with Crippen LogP contribution < -0.4 is 5.32 Å². The Morgan fingerprint density at radius 3 is 2.31 bits per heavy atom. The molecule has 26 heavy (non-hydrogen) atoms. The molecule has 0 aliphatic heterocycles. The highest BCUT2D eigenvalue weighted by Crippen LogP contribution is 2.39. The predicted octanol–water partition coefficient (Wildman–Crippen LogP) is 4.34. The average molecular weight is 353 g/mol. The molecule has 1 amide bonds. The minimum Gasteiger partial charge on any atom is -0.465 e. The zero-order valence-corrected chi connectivity index (χ0v) is 15.0. The van der Waals surface area contributed by atoms with Gasteiger partial charge in [-0.15, -0.1) is 0 Å². The number of amides is 1. The third-order valence-corrected chi connectivity index (χ3v) is 4.56. The SMILES string of the molecule is COC(=O)c1ccc([C@@H](C)NC(=O)OCc2ccc(C3CC3)cc2)cc1. The fourth-order valence-corrected chi connectivity index (χ4v) is 2.78. The number of methoxy groups -OCH3 is 1. The summed E-state index contributed by atoms with van der Waals surface area (Å²) in [7, 11) is 1.34. The summed E-state index contributed by atoms with van der Waals surface area (Å²) < 4.78 is 9.96. The second-order valence-corrected chi connectivity index (χ2v) is 6.57. The monoisotopic (exact) mass is 353 g/mol. The Labute approximate surface area is 153 Å². The van der Waals surface area contributed by atoms with Crippen LogP contribution in [0.1, 0.15) is 58.8 Å². The number of esters is 1. The van der Waals surface area contributed by atoms with E-state index in [1.165, 1.54) is 25.5 Å². The number of benzene rings is 2. The molecule has 5 heteroatoms. The van der Waals surface area contributed by atoms with Crippen LogP contribution in [0.2, 0.25) is 0 Å². The highest BCUT2D eigenvalue weighted by Gasteiger charge is 2.23. The largest absolute Gasteiger partial charge is 0.465 e. The molecule has 0 radical (unpaired) electrons. The lowest BCUT2D eigenvalue weighted by molar-refractivity contribution is 0.0600. The van der Waals surface area contributed by atoms with Crippen LogP contribution in [-0.4, -0.2) is 19.2 Å². The van der Waals surface area contributed by atoms with Gasteiger partial charge in [0, 0.05) is 0 Å². The van der Waals surface area contributed by atoms with Crippen molar-refractivity contribution in [1.29, 1.82) is 0 Å². The van der Waals surface area contributed by atoms with Crippen molar-refractivity contribution in [3.05, 3.63) is 70.8 Å². The van der Waals surface area contributed by atoms with Gasteiger partial charge in [-0.05, 0) is 54.5 Å². The van der Waals surface area contributed by atoms with Crippen molar-refractivity contribution in [2.45, 2.75) is 38.3 Å². The lowest BCUT2D eigenvalue weighted by Gasteiger charge is -2.15. The van der Waals surface area contributed by atoms with Gasteiger partial charge < -0.3 is 14.8 Å². The molecule has 1 aliphatic carbocycles. The van der Waals surface area contributed by atoms with Gasteiger partial charge in [0.25, 0.3) is 0 Å². The molecule has 0 heterocycles. The number of rotatable bonds is 6. The number of carbonyl (C=O) groups is 2. The van der Waals surface area contributed by atoms with Gasteiger partial charge in [-0.2, -0.15) is 0 Å². The lowest BCUT2D eigenvalue weighted by Crippen LogP contribution is -2.27. The van der Waals surface area contributed by atoms with E-state index in [0.29, 0.717) is 5.56 Å². The Hall–Kier alpha value is -2.82. The molecule has 136 valence electrons. The maximum absolute atomic E-state index is 12.0. The molecule has 5 nitrogen and oxygen atoms in total. The molecular formula is C21H23NO4. The molecule has 0 bridgehead atoms. The smallest absolute Gasteiger partial charge is 0.407 e. The highest BCUT2D eigenvalue weighted by molar-refractivity contribution is 5.89. The first-order chi connectivity index (χ1) is 12.6. The minimum absolute atomic E-state index is 0.230. The summed E-state index contributed by atoms with van der Waals surface area (Å²) in [5, 5.41) is 2.79. The molecule has 0 unspecified atom stereocenters. The van der Waals surface area contributed by atoms with Gasteiger partial charge >= 0.3 is 12.1 Å². The predicted molar refractivity (Wildman–Crippen MR) is 97.9 cm³/mol. The second kappa shape index (κ2) is 8.04. The van der Waals surface area contributed by atoms with Crippen LogP contribution in [0.15, 0.2) is 48.5 Å². The van der Waals surface area contributed by atoms with Crippen molar-refractivity contribution in [1.82, 2.24) is 5.32 Å². The molecule has 3 rings (SSSR count). The van der Waals surface area contributed by atoms with Crippen LogP contribution in [0, 0.1) is 0 Å². The van der Waals surface area contributed by atoms with E-state index in [2.05, 4.69) is 22.2 Å². The number of ether oxygens (including phenoxy) is 2. The topological polar surface area (TPSA) is 64.6 Å². The van der Waals surface area contributed by atoms with Crippen molar-refractivity contribution in [3.63, 3.8) is 0 Å². The van der Waals surface area contributed by atoms with Crippen molar-refractivity contribution in [2.24, 2.45) is 0 Å². The zero-order chi connectivity index (χ0) is 18.5. The van der Waals surface area contributed by atoms with Crippen LogP contribution >= 0.6 is 0 Å². The van der Waals surface area contributed by atoms with Gasteiger partial charge in [-0.1, -0.05) is 36.4 Å². The summed E-state index contributed by atoms with van der Waals surface area (Å²) in [5.41, 5.74) is 3.69. The third-order valence-electron chi connectivity index (χ3n) is 4.56. The molecule has 1 atom stereocenters. The second-order valence-electron chi connectivity index (χ2n) is 6.57. The number of alkyl carbamates (subject to hydrolysis) is 1. The van der Waals surface area contributed by atoms with E-state index < -0.39 is 6.09 Å². The van der Waals surface area contributed by atoms with Gasteiger partial charge in [0.15, 0.2) is 0 Å². The van der Waals surface area contributed by atoms with E-state index >= 15 is 0 Å². The standard InChI is InChI=1S/C21H23NO4/c1-14(16-7-11-19(12-8-16)20(23)25-2)22-21(24)26-13-15-3-5-17(6-4-15)18-9-10-18/h3-8,11-12,14,18H,9-10,13H2,1-2H3,(H,22,24)/t14-/m1/s1. The Kier molecular flexibility index (Phi) is 5.56. The van der Waals surface area contributed by atoms with E-state index in [1.54, 1.807) is 24.3 Å². The van der Waals surface area contributed by atoms with Gasteiger partial charge in [-0.3, -0.25) is 0 Å². The van der Waals surface area contributed by atoms with E-state index in [0.717, 1.165) is 17.0 Å². The van der Waals surface area contributed by atoms with Crippen molar-refractivity contribution in [2.75, 3.05) is 7.11 Å². The molecule has 0 spiro atoms. The number of hydrogen-bond acceptors (Lipinski definition) is 4. The van der Waals surface area contributed by atoms with E-state index in [9.17, 15) is 9.59 Å². The Morgan fingerprint density at radius 2 is 1.73 bits per heavy atom. The fraction of sp³-hybridized carbons (Fsp3) is 0.333. The summed E-state index contributed by atoms with van der Waals surface area (Å²) in [6.07, 6.45) is 2.08. The van der Waals surface area contributed by atoms with Crippen LogP contribution in [-0.2, 0) is 16.1 Å². The molecular weight excluding hydrogens is 330 g/mol. The summed E-state index contributed by atoms with van der Waals surface area (Å²) in [6, 6.07) is 14.9. The molecule has 2 aromatic carbocycles. The molecule has 0 saturated heterocycles. The van der Waals surface area contributed by atoms with Crippen LogP contribution in [0.25, 0.3) is 0 Å². The molecule has 1 fully saturated rings. The Balaban J connectivity index is 1.48.